The van der Waals surface area contributed by atoms with E-state index in [1.54, 1.807) is 22.8 Å². The number of thioether (sulfide) groups is 1. The summed E-state index contributed by atoms with van der Waals surface area (Å²) in [5, 5.41) is 12.7. The van der Waals surface area contributed by atoms with Crippen LogP contribution in [0.4, 0.5) is 0 Å². The summed E-state index contributed by atoms with van der Waals surface area (Å²) >= 11 is 1.62. The first kappa shape index (κ1) is 14.5. The van der Waals surface area contributed by atoms with E-state index in [0.717, 1.165) is 18.2 Å². The van der Waals surface area contributed by atoms with Crippen LogP contribution in [0.15, 0.2) is 22.3 Å². The second-order valence-corrected chi connectivity index (χ2v) is 6.47. The summed E-state index contributed by atoms with van der Waals surface area (Å²) in [7, 11) is 0. The molecule has 1 saturated heterocycles. The van der Waals surface area contributed by atoms with E-state index in [2.05, 4.69) is 32.1 Å². The van der Waals surface area contributed by atoms with Gasteiger partial charge < -0.3 is 9.32 Å². The molecule has 2 aromatic heterocycles. The second-order valence-electron chi connectivity index (χ2n) is 5.43. The van der Waals surface area contributed by atoms with Crippen molar-refractivity contribution in [3.63, 3.8) is 0 Å². The highest BCUT2D eigenvalue weighted by Crippen LogP contribution is 2.19. The average Bonchev–Trinajstić information content (AvgIpc) is 3.14. The van der Waals surface area contributed by atoms with Gasteiger partial charge in [-0.05, 0) is 31.8 Å². The van der Waals surface area contributed by atoms with Crippen LogP contribution in [0.25, 0.3) is 0 Å². The van der Waals surface area contributed by atoms with Crippen LogP contribution >= 0.6 is 11.8 Å². The summed E-state index contributed by atoms with van der Waals surface area (Å²) < 4.78 is 7.26. The molecule has 0 saturated carbocycles. The molecule has 8 heteroatoms. The maximum atomic E-state index is 5.60. The van der Waals surface area contributed by atoms with E-state index in [4.69, 9.17) is 4.42 Å². The van der Waals surface area contributed by atoms with E-state index >= 15 is 0 Å². The second kappa shape index (κ2) is 7.04. The summed E-state index contributed by atoms with van der Waals surface area (Å²) in [5.74, 6) is 2.43. The van der Waals surface area contributed by atoms with Crippen molar-refractivity contribution in [2.45, 2.75) is 31.5 Å². The molecule has 3 rings (SSSR count). The predicted molar refractivity (Wildman–Crippen MR) is 79.0 cm³/mol. The Bertz CT molecular complexity index is 535. The van der Waals surface area contributed by atoms with Gasteiger partial charge in [-0.1, -0.05) is 18.7 Å². The monoisotopic (exact) mass is 308 g/mol. The molecule has 0 N–H and O–H groups in total. The van der Waals surface area contributed by atoms with Gasteiger partial charge in [0.2, 0.25) is 5.89 Å². The summed E-state index contributed by atoms with van der Waals surface area (Å²) in [5.41, 5.74) is 0. The zero-order chi connectivity index (χ0) is 14.5. The largest absolute Gasteiger partial charge is 0.414 e. The molecule has 0 atom stereocenters. The van der Waals surface area contributed by atoms with Crippen molar-refractivity contribution >= 4 is 11.8 Å². The quantitative estimate of drug-likeness (QED) is 0.749. The lowest BCUT2D eigenvalue weighted by Gasteiger charge is -2.29. The van der Waals surface area contributed by atoms with Crippen molar-refractivity contribution in [1.82, 2.24) is 29.9 Å². The van der Waals surface area contributed by atoms with Gasteiger partial charge in [-0.15, -0.1) is 10.2 Å². The van der Waals surface area contributed by atoms with Crippen LogP contribution in [-0.4, -0.2) is 55.2 Å². The fraction of sp³-hybridized carbons (Fsp3) is 0.692. The number of likely N-dealkylation sites (tertiary alicyclic amines) is 1. The molecule has 1 aliphatic rings. The minimum absolute atomic E-state index is 0.470. The van der Waals surface area contributed by atoms with Crippen molar-refractivity contribution in [1.29, 1.82) is 0 Å². The number of piperidine rings is 1. The van der Waals surface area contributed by atoms with Gasteiger partial charge in [-0.2, -0.15) is 5.10 Å². The summed E-state index contributed by atoms with van der Waals surface area (Å²) in [4.78, 5) is 6.40. The van der Waals surface area contributed by atoms with Gasteiger partial charge >= 0.3 is 0 Å². The fourth-order valence-electron chi connectivity index (χ4n) is 2.36. The summed E-state index contributed by atoms with van der Waals surface area (Å²) in [6.07, 6.45) is 5.75. The van der Waals surface area contributed by atoms with E-state index in [0.29, 0.717) is 17.7 Å². The Morgan fingerprint density at radius 2 is 2.19 bits per heavy atom. The molecule has 0 bridgehead atoms. The highest BCUT2D eigenvalue weighted by molar-refractivity contribution is 7.99. The Hall–Kier alpha value is -1.41. The molecule has 0 spiro atoms. The Morgan fingerprint density at radius 3 is 2.95 bits per heavy atom. The third-order valence-corrected chi connectivity index (χ3v) is 4.52. The maximum Gasteiger partial charge on any atom is 0.276 e. The Balaban J connectivity index is 1.40. The molecule has 114 valence electrons. The standard InChI is InChI=1S/C13H20N6OS/c1-11-2-4-18(5-3-11)6-7-21-13-17-16-12(20-13)8-19-10-14-9-15-19/h9-11H,2-8H2,1H3. The zero-order valence-electron chi connectivity index (χ0n) is 12.2. The molecule has 2 aromatic rings. The highest BCUT2D eigenvalue weighted by Gasteiger charge is 2.15. The van der Waals surface area contributed by atoms with Gasteiger partial charge in [0, 0.05) is 12.3 Å². The summed E-state index contributed by atoms with van der Waals surface area (Å²) in [6.45, 7) is 6.31. The Labute approximate surface area is 128 Å². The maximum absolute atomic E-state index is 5.60. The number of hydrogen-bond acceptors (Lipinski definition) is 7. The van der Waals surface area contributed by atoms with Crippen LogP contribution < -0.4 is 0 Å². The number of hydrogen-bond donors (Lipinski definition) is 0. The molecule has 3 heterocycles. The first-order valence-electron chi connectivity index (χ1n) is 7.29. The molecule has 0 aliphatic carbocycles. The first-order chi connectivity index (χ1) is 10.3. The Kier molecular flexibility index (Phi) is 4.87. The lowest BCUT2D eigenvalue weighted by Crippen LogP contribution is -2.34. The van der Waals surface area contributed by atoms with E-state index in [-0.39, 0.29) is 0 Å². The summed E-state index contributed by atoms with van der Waals surface area (Å²) in [6, 6.07) is 0. The molecular weight excluding hydrogens is 288 g/mol. The lowest BCUT2D eigenvalue weighted by atomic mass is 9.99. The zero-order valence-corrected chi connectivity index (χ0v) is 13.0. The molecule has 7 nitrogen and oxygen atoms in total. The van der Waals surface area contributed by atoms with Crippen molar-refractivity contribution in [3.05, 3.63) is 18.5 Å². The molecule has 21 heavy (non-hydrogen) atoms. The van der Waals surface area contributed by atoms with Gasteiger partial charge in [0.1, 0.15) is 19.2 Å². The number of nitrogens with zero attached hydrogens (tertiary/aromatic N) is 6. The van der Waals surface area contributed by atoms with E-state index < -0.39 is 0 Å². The van der Waals surface area contributed by atoms with Crippen LogP contribution in [0.5, 0.6) is 0 Å². The van der Waals surface area contributed by atoms with Crippen molar-refractivity contribution in [2.75, 3.05) is 25.4 Å². The van der Waals surface area contributed by atoms with E-state index in [1.165, 1.54) is 32.3 Å². The molecule has 0 aromatic carbocycles. The van der Waals surface area contributed by atoms with Crippen LogP contribution in [0, 0.1) is 5.92 Å². The van der Waals surface area contributed by atoms with Gasteiger partial charge in [0.05, 0.1) is 0 Å². The van der Waals surface area contributed by atoms with Crippen LogP contribution in [0.1, 0.15) is 25.7 Å². The van der Waals surface area contributed by atoms with Gasteiger partial charge in [-0.25, -0.2) is 9.67 Å². The van der Waals surface area contributed by atoms with Crippen LogP contribution in [-0.2, 0) is 6.54 Å². The van der Waals surface area contributed by atoms with Crippen molar-refractivity contribution in [2.24, 2.45) is 5.92 Å². The van der Waals surface area contributed by atoms with Gasteiger partial charge in [-0.3, -0.25) is 0 Å². The lowest BCUT2D eigenvalue weighted by molar-refractivity contribution is 0.202. The normalized spacial score (nSPS) is 17.4. The third-order valence-electron chi connectivity index (χ3n) is 3.72. The van der Waals surface area contributed by atoms with Crippen molar-refractivity contribution < 1.29 is 4.42 Å². The van der Waals surface area contributed by atoms with Gasteiger partial charge in [0.15, 0.2) is 0 Å². The molecule has 0 radical (unpaired) electrons. The number of aromatic nitrogens is 5. The average molecular weight is 308 g/mol. The molecule has 0 unspecified atom stereocenters. The topological polar surface area (TPSA) is 72.9 Å². The van der Waals surface area contributed by atoms with E-state index in [1.807, 2.05) is 0 Å². The third kappa shape index (κ3) is 4.28. The molecule has 1 fully saturated rings. The Morgan fingerprint density at radius 1 is 1.33 bits per heavy atom. The molecular formula is C13H20N6OS. The number of rotatable bonds is 6. The van der Waals surface area contributed by atoms with Crippen LogP contribution in [0.2, 0.25) is 0 Å². The van der Waals surface area contributed by atoms with Crippen LogP contribution in [0.3, 0.4) is 0 Å². The smallest absolute Gasteiger partial charge is 0.276 e. The van der Waals surface area contributed by atoms with Gasteiger partial charge in [0.25, 0.3) is 5.22 Å². The first-order valence-corrected chi connectivity index (χ1v) is 8.28. The highest BCUT2D eigenvalue weighted by atomic mass is 32.2. The predicted octanol–water partition coefficient (Wildman–Crippen LogP) is 1.53. The molecule has 0 amide bonds. The SMILES string of the molecule is CC1CCN(CCSc2nnc(Cn3cncn3)o2)CC1. The molecule has 1 aliphatic heterocycles. The fourth-order valence-corrected chi connectivity index (χ4v) is 3.14. The van der Waals surface area contributed by atoms with E-state index in [9.17, 15) is 0 Å². The minimum Gasteiger partial charge on any atom is -0.414 e. The van der Waals surface area contributed by atoms with Crippen molar-refractivity contribution in [3.8, 4) is 0 Å². The minimum atomic E-state index is 0.470.